The fourth-order valence-electron chi connectivity index (χ4n) is 5.08. The van der Waals surface area contributed by atoms with Crippen molar-refractivity contribution in [2.45, 2.75) is 29.4 Å². The van der Waals surface area contributed by atoms with Gasteiger partial charge >= 0.3 is 5.97 Å². The lowest BCUT2D eigenvalue weighted by Gasteiger charge is -2.30. The number of Topliss-reactive ketones (excluding diaryl/α,β-unsaturated/α-hetero) is 1. The highest BCUT2D eigenvalue weighted by Crippen LogP contribution is 2.43. The standard InChI is InChI=1S/C31H25Br2ClN2O6/c1-17-2-4-20(5-3-17)31(41)42-22-12-8-18(9-13-22)27(37)16-35(28(38)19-6-10-21(34)11-7-19)36-29(39)23-14-25(32)26(33)15-24(23)30(36)40/h2-13,23-26H,14-16H2,1H3/t23-,24-,25+,26+/m1/s1. The molecule has 0 bridgehead atoms. The first-order valence-corrected chi connectivity index (χ1v) is 15.4. The van der Waals surface area contributed by atoms with Crippen molar-refractivity contribution in [3.05, 3.63) is 100 Å². The molecule has 11 heteroatoms. The summed E-state index contributed by atoms with van der Waals surface area (Å²) in [6, 6.07) is 18.8. The number of nitrogens with zero attached hydrogens (tertiary/aromatic N) is 2. The van der Waals surface area contributed by atoms with Gasteiger partial charge in [-0.2, -0.15) is 5.01 Å². The Balaban J connectivity index is 1.37. The van der Waals surface area contributed by atoms with Gasteiger partial charge in [0.15, 0.2) is 5.78 Å². The van der Waals surface area contributed by atoms with Crippen LogP contribution < -0.4 is 4.74 Å². The van der Waals surface area contributed by atoms with Crippen LogP contribution in [0, 0.1) is 18.8 Å². The maximum absolute atomic E-state index is 13.7. The van der Waals surface area contributed by atoms with E-state index in [1.165, 1.54) is 48.5 Å². The number of amides is 3. The van der Waals surface area contributed by atoms with E-state index in [9.17, 15) is 24.0 Å². The van der Waals surface area contributed by atoms with Crippen LogP contribution in [0.1, 0.15) is 49.5 Å². The third-order valence-corrected chi connectivity index (χ3v) is 10.4. The first kappa shape index (κ1) is 30.1. The van der Waals surface area contributed by atoms with Crippen LogP contribution in [0.4, 0.5) is 0 Å². The van der Waals surface area contributed by atoms with Crippen LogP contribution >= 0.6 is 43.5 Å². The van der Waals surface area contributed by atoms with Crippen molar-refractivity contribution >= 4 is 72.9 Å². The number of carbonyl (C=O) groups is 5. The van der Waals surface area contributed by atoms with Gasteiger partial charge in [-0.25, -0.2) is 9.80 Å². The Morgan fingerprint density at radius 1 is 0.810 bits per heavy atom. The summed E-state index contributed by atoms with van der Waals surface area (Å²) in [4.78, 5) is 66.6. The van der Waals surface area contributed by atoms with Crippen LogP contribution in [-0.4, -0.2) is 55.7 Å². The molecule has 1 saturated carbocycles. The largest absolute Gasteiger partial charge is 0.423 e. The molecule has 0 radical (unpaired) electrons. The molecule has 2 aliphatic rings. The van der Waals surface area contributed by atoms with E-state index in [-0.39, 0.29) is 26.5 Å². The molecular weight excluding hydrogens is 692 g/mol. The van der Waals surface area contributed by atoms with E-state index >= 15 is 0 Å². The molecule has 1 aliphatic carbocycles. The number of ketones is 1. The van der Waals surface area contributed by atoms with Crippen LogP contribution in [0.2, 0.25) is 5.02 Å². The molecule has 1 aliphatic heterocycles. The molecule has 42 heavy (non-hydrogen) atoms. The summed E-state index contributed by atoms with van der Waals surface area (Å²) in [7, 11) is 0. The molecular formula is C31H25Br2ClN2O6. The maximum atomic E-state index is 13.7. The van der Waals surface area contributed by atoms with Gasteiger partial charge < -0.3 is 4.74 Å². The Hall–Kier alpha value is -3.34. The molecule has 0 N–H and O–H groups in total. The van der Waals surface area contributed by atoms with Gasteiger partial charge in [0, 0.05) is 25.8 Å². The highest BCUT2D eigenvalue weighted by Gasteiger charge is 2.54. The predicted octanol–water partition coefficient (Wildman–Crippen LogP) is 6.03. The maximum Gasteiger partial charge on any atom is 0.343 e. The summed E-state index contributed by atoms with van der Waals surface area (Å²) in [5.41, 5.74) is 1.76. The van der Waals surface area contributed by atoms with Gasteiger partial charge in [-0.3, -0.25) is 19.2 Å². The van der Waals surface area contributed by atoms with E-state index in [0.717, 1.165) is 15.6 Å². The molecule has 3 aromatic rings. The second-order valence-corrected chi connectivity index (χ2v) is 13.1. The molecule has 5 rings (SSSR count). The summed E-state index contributed by atoms with van der Waals surface area (Å²) in [6.45, 7) is 1.35. The molecule has 0 unspecified atom stereocenters. The average molecular weight is 717 g/mol. The van der Waals surface area contributed by atoms with E-state index in [4.69, 9.17) is 16.3 Å². The number of carbonyl (C=O) groups excluding carboxylic acids is 5. The monoisotopic (exact) mass is 714 g/mol. The van der Waals surface area contributed by atoms with Crippen molar-refractivity contribution in [1.29, 1.82) is 0 Å². The number of aryl methyl sites for hydroxylation is 1. The number of hydrazine groups is 1. The SMILES string of the molecule is Cc1ccc(C(=O)Oc2ccc(C(=O)CN(C(=O)c3ccc(Cl)cc3)N3C(=O)[C@@H]4C[C@H](Br)[C@@H](Br)C[C@H]4C3=O)cc2)cc1. The molecule has 3 aromatic carbocycles. The van der Waals surface area contributed by atoms with Crippen molar-refractivity contribution in [2.24, 2.45) is 11.8 Å². The predicted molar refractivity (Wildman–Crippen MR) is 163 cm³/mol. The van der Waals surface area contributed by atoms with Crippen LogP contribution in [0.25, 0.3) is 0 Å². The molecule has 3 amide bonds. The molecule has 4 atom stereocenters. The Morgan fingerprint density at radius 2 is 1.31 bits per heavy atom. The Morgan fingerprint density at radius 3 is 1.86 bits per heavy atom. The van der Waals surface area contributed by atoms with Gasteiger partial charge in [-0.15, -0.1) is 0 Å². The van der Waals surface area contributed by atoms with Crippen molar-refractivity contribution < 1.29 is 28.7 Å². The average Bonchev–Trinajstić information content (AvgIpc) is 3.20. The molecule has 8 nitrogen and oxygen atoms in total. The second kappa shape index (κ2) is 12.5. The molecule has 1 heterocycles. The van der Waals surface area contributed by atoms with E-state index in [0.29, 0.717) is 23.4 Å². The van der Waals surface area contributed by atoms with Gasteiger partial charge in [-0.1, -0.05) is 61.2 Å². The van der Waals surface area contributed by atoms with Gasteiger partial charge in [0.05, 0.1) is 17.4 Å². The number of imide groups is 1. The van der Waals surface area contributed by atoms with Crippen LogP contribution in [0.15, 0.2) is 72.8 Å². The van der Waals surface area contributed by atoms with E-state index in [1.807, 2.05) is 6.92 Å². The number of alkyl halides is 2. The molecule has 2 fully saturated rings. The highest BCUT2D eigenvalue weighted by molar-refractivity contribution is 9.12. The zero-order valence-corrected chi connectivity index (χ0v) is 26.3. The third-order valence-electron chi connectivity index (χ3n) is 7.42. The normalized spacial score (nSPS) is 21.6. The minimum Gasteiger partial charge on any atom is -0.423 e. The van der Waals surface area contributed by atoms with Crippen molar-refractivity contribution in [3.8, 4) is 5.75 Å². The van der Waals surface area contributed by atoms with Crippen molar-refractivity contribution in [2.75, 3.05) is 6.54 Å². The summed E-state index contributed by atoms with van der Waals surface area (Å²) >= 11 is 13.1. The Labute approximate surface area is 264 Å². The number of fused-ring (bicyclic) bond motifs is 1. The molecule has 0 aromatic heterocycles. The Bertz CT molecular complexity index is 1520. The number of hydrogen-bond donors (Lipinski definition) is 0. The quantitative estimate of drug-likeness (QED) is 0.0974. The van der Waals surface area contributed by atoms with Gasteiger partial charge in [0.25, 0.3) is 17.7 Å². The Kier molecular flexibility index (Phi) is 8.96. The molecule has 0 spiro atoms. The van der Waals surface area contributed by atoms with E-state index < -0.39 is 47.9 Å². The van der Waals surface area contributed by atoms with Crippen LogP contribution in [0.3, 0.4) is 0 Å². The first-order chi connectivity index (χ1) is 20.0. The number of halogens is 3. The first-order valence-electron chi connectivity index (χ1n) is 13.2. The number of rotatable bonds is 7. The molecule has 1 saturated heterocycles. The summed E-state index contributed by atoms with van der Waals surface area (Å²) in [5.74, 6) is -3.74. The number of esters is 1. The lowest BCUT2D eigenvalue weighted by molar-refractivity contribution is -0.154. The van der Waals surface area contributed by atoms with E-state index in [2.05, 4.69) is 31.9 Å². The van der Waals surface area contributed by atoms with E-state index in [1.54, 1.807) is 24.3 Å². The fraction of sp³-hybridized carbons (Fsp3) is 0.258. The lowest BCUT2D eigenvalue weighted by Crippen LogP contribution is -2.52. The van der Waals surface area contributed by atoms with Crippen molar-refractivity contribution in [3.63, 3.8) is 0 Å². The number of benzene rings is 3. The minimum absolute atomic E-state index is 0.0175. The van der Waals surface area contributed by atoms with Crippen LogP contribution in [-0.2, 0) is 9.59 Å². The summed E-state index contributed by atoms with van der Waals surface area (Å²) in [5, 5.41) is 2.17. The van der Waals surface area contributed by atoms with Gasteiger partial charge in [0.1, 0.15) is 12.3 Å². The zero-order chi connectivity index (χ0) is 30.1. The number of ether oxygens (including phenoxy) is 1. The zero-order valence-electron chi connectivity index (χ0n) is 22.3. The fourth-order valence-corrected chi connectivity index (χ4v) is 6.45. The molecule has 216 valence electrons. The third kappa shape index (κ3) is 6.21. The van der Waals surface area contributed by atoms with Gasteiger partial charge in [0.2, 0.25) is 0 Å². The van der Waals surface area contributed by atoms with Crippen molar-refractivity contribution in [1.82, 2.24) is 10.0 Å². The second-order valence-electron chi connectivity index (χ2n) is 10.3. The lowest BCUT2D eigenvalue weighted by atomic mass is 9.81. The smallest absolute Gasteiger partial charge is 0.343 e. The van der Waals surface area contributed by atoms with Gasteiger partial charge in [-0.05, 0) is 80.4 Å². The minimum atomic E-state index is -0.685. The summed E-state index contributed by atoms with van der Waals surface area (Å²) < 4.78 is 5.41. The van der Waals surface area contributed by atoms with Crippen LogP contribution in [0.5, 0.6) is 5.75 Å². The number of hydrogen-bond acceptors (Lipinski definition) is 6. The summed E-state index contributed by atoms with van der Waals surface area (Å²) in [6.07, 6.45) is 0.836. The highest BCUT2D eigenvalue weighted by atomic mass is 79.9. The topological polar surface area (TPSA) is 101 Å².